The number of nitrogens with one attached hydrogen (secondary N) is 1. The Morgan fingerprint density at radius 2 is 2.00 bits per heavy atom. The number of allylic oxidation sites excluding steroid dienone is 2. The van der Waals surface area contributed by atoms with Crippen LogP contribution in [-0.4, -0.2) is 12.5 Å². The van der Waals surface area contributed by atoms with Gasteiger partial charge in [-0.1, -0.05) is 17.7 Å². The van der Waals surface area contributed by atoms with Crippen LogP contribution in [0.25, 0.3) is 16.7 Å². The van der Waals surface area contributed by atoms with Crippen LogP contribution in [0.2, 0.25) is 0 Å². The van der Waals surface area contributed by atoms with Gasteiger partial charge in [0.05, 0.1) is 0 Å². The summed E-state index contributed by atoms with van der Waals surface area (Å²) in [6, 6.07) is 7.32. The molecule has 122 valence electrons. The summed E-state index contributed by atoms with van der Waals surface area (Å²) in [7, 11) is 0. The first-order valence-electron chi connectivity index (χ1n) is 8.16. The second-order valence-corrected chi connectivity index (χ2v) is 6.63. The minimum Gasteiger partial charge on any atom is -0.384 e. The van der Waals surface area contributed by atoms with Crippen molar-refractivity contribution in [3.63, 3.8) is 0 Å². The molecule has 4 rings (SSSR count). The van der Waals surface area contributed by atoms with Crippen LogP contribution >= 0.6 is 0 Å². The van der Waals surface area contributed by atoms with Gasteiger partial charge in [0.1, 0.15) is 5.82 Å². The van der Waals surface area contributed by atoms with E-state index in [0.717, 1.165) is 46.5 Å². The van der Waals surface area contributed by atoms with Crippen LogP contribution in [0.4, 0.5) is 10.1 Å². The number of carbonyl (C=O) groups excluding carboxylic acids is 1. The van der Waals surface area contributed by atoms with E-state index >= 15 is 0 Å². The Morgan fingerprint density at radius 1 is 1.21 bits per heavy atom. The molecule has 24 heavy (non-hydrogen) atoms. The number of hydrogen-bond donors (Lipinski definition) is 2. The normalized spacial score (nSPS) is 15.3. The van der Waals surface area contributed by atoms with E-state index in [4.69, 9.17) is 5.73 Å². The van der Waals surface area contributed by atoms with Crippen LogP contribution in [-0.2, 0) is 12.8 Å². The van der Waals surface area contributed by atoms with E-state index in [-0.39, 0.29) is 0 Å². The van der Waals surface area contributed by atoms with E-state index < -0.39 is 11.7 Å². The number of halogens is 1. The first-order valence-corrected chi connectivity index (χ1v) is 8.16. The Kier molecular flexibility index (Phi) is 3.23. The van der Waals surface area contributed by atoms with Crippen molar-refractivity contribution in [1.29, 1.82) is 0 Å². The monoisotopic (exact) mass is 322 g/mol. The van der Waals surface area contributed by atoms with Crippen molar-refractivity contribution in [3.05, 3.63) is 57.9 Å². The van der Waals surface area contributed by atoms with Crippen molar-refractivity contribution in [1.82, 2.24) is 0 Å². The molecule has 1 amide bonds. The van der Waals surface area contributed by atoms with Crippen LogP contribution in [0.15, 0.2) is 29.8 Å². The molecule has 0 spiro atoms. The zero-order chi connectivity index (χ0) is 17.0. The molecule has 2 aromatic carbocycles. The molecule has 1 heterocycles. The molecule has 0 unspecified atom stereocenters. The van der Waals surface area contributed by atoms with Crippen LogP contribution in [0.3, 0.4) is 0 Å². The molecule has 2 aliphatic rings. The van der Waals surface area contributed by atoms with Crippen molar-refractivity contribution in [2.45, 2.75) is 26.7 Å². The molecule has 3 N–H and O–H groups in total. The SMILES string of the molecule is CC1=C(C)c2c(c(C(N)=O)cc(F)c2-c2ccc3c(c2)NCC3)C1. The van der Waals surface area contributed by atoms with Crippen LogP contribution < -0.4 is 11.1 Å². The van der Waals surface area contributed by atoms with E-state index in [0.29, 0.717) is 17.5 Å². The molecule has 0 fully saturated rings. The lowest BCUT2D eigenvalue weighted by Crippen LogP contribution is -2.15. The first kappa shape index (κ1) is 14.9. The Bertz CT molecular complexity index is 928. The minimum atomic E-state index is -0.574. The smallest absolute Gasteiger partial charge is 0.249 e. The van der Waals surface area contributed by atoms with Crippen LogP contribution in [0, 0.1) is 5.82 Å². The number of nitrogens with two attached hydrogens (primary N) is 1. The summed E-state index contributed by atoms with van der Waals surface area (Å²) in [4.78, 5) is 11.8. The molecule has 0 radical (unpaired) electrons. The first-order chi connectivity index (χ1) is 11.5. The standard InChI is InChI=1S/C20H19FN2O/c1-10-7-14-15(20(22)24)9-16(21)19(18(14)11(10)2)13-4-3-12-5-6-23-17(12)8-13/h3-4,8-9,23H,5-7H2,1-2H3,(H2,22,24). The Labute approximate surface area is 140 Å². The molecule has 0 atom stereocenters. The van der Waals surface area contributed by atoms with Gasteiger partial charge in [-0.2, -0.15) is 0 Å². The maximum atomic E-state index is 15.0. The zero-order valence-corrected chi connectivity index (χ0v) is 13.8. The highest BCUT2D eigenvalue weighted by molar-refractivity contribution is 6.00. The molecule has 1 aliphatic carbocycles. The zero-order valence-electron chi connectivity index (χ0n) is 13.8. The van der Waals surface area contributed by atoms with Gasteiger partial charge >= 0.3 is 0 Å². The lowest BCUT2D eigenvalue weighted by molar-refractivity contribution is 0.0999. The van der Waals surface area contributed by atoms with Crippen molar-refractivity contribution < 1.29 is 9.18 Å². The minimum absolute atomic E-state index is 0.293. The van der Waals surface area contributed by atoms with Gasteiger partial charge in [0.25, 0.3) is 0 Å². The summed E-state index contributed by atoms with van der Waals surface area (Å²) in [6.07, 6.45) is 1.64. The van der Waals surface area contributed by atoms with Gasteiger partial charge in [-0.25, -0.2) is 4.39 Å². The van der Waals surface area contributed by atoms with Gasteiger partial charge in [-0.05, 0) is 66.6 Å². The lowest BCUT2D eigenvalue weighted by atomic mass is 9.89. The Morgan fingerprint density at radius 3 is 2.75 bits per heavy atom. The molecule has 0 saturated carbocycles. The number of carbonyl (C=O) groups is 1. The highest BCUT2D eigenvalue weighted by Gasteiger charge is 2.28. The quantitative estimate of drug-likeness (QED) is 0.881. The maximum Gasteiger partial charge on any atom is 0.249 e. The highest BCUT2D eigenvalue weighted by atomic mass is 19.1. The van der Waals surface area contributed by atoms with Crippen molar-refractivity contribution in [2.75, 3.05) is 11.9 Å². The van der Waals surface area contributed by atoms with E-state index in [1.165, 1.54) is 11.6 Å². The average molecular weight is 322 g/mol. The summed E-state index contributed by atoms with van der Waals surface area (Å²) >= 11 is 0. The van der Waals surface area contributed by atoms with Gasteiger partial charge in [0.2, 0.25) is 5.91 Å². The van der Waals surface area contributed by atoms with Crippen molar-refractivity contribution in [3.8, 4) is 11.1 Å². The van der Waals surface area contributed by atoms with E-state index in [9.17, 15) is 9.18 Å². The predicted molar refractivity (Wildman–Crippen MR) is 94.5 cm³/mol. The van der Waals surface area contributed by atoms with Gasteiger partial charge in [-0.15, -0.1) is 0 Å². The molecule has 0 saturated heterocycles. The third kappa shape index (κ3) is 2.06. The highest BCUT2D eigenvalue weighted by Crippen LogP contribution is 2.43. The molecule has 0 aromatic heterocycles. The van der Waals surface area contributed by atoms with Crippen molar-refractivity contribution in [2.24, 2.45) is 5.73 Å². The number of hydrogen-bond acceptors (Lipinski definition) is 2. The number of amides is 1. The Hall–Kier alpha value is -2.62. The second-order valence-electron chi connectivity index (χ2n) is 6.63. The van der Waals surface area contributed by atoms with Gasteiger partial charge < -0.3 is 11.1 Å². The number of primary amides is 1. The van der Waals surface area contributed by atoms with Crippen LogP contribution in [0.5, 0.6) is 0 Å². The van der Waals surface area contributed by atoms with Gasteiger partial charge in [0, 0.05) is 23.4 Å². The summed E-state index contributed by atoms with van der Waals surface area (Å²) in [5.41, 5.74) is 13.4. The van der Waals surface area contributed by atoms with Crippen LogP contribution in [0.1, 0.15) is 40.9 Å². The summed E-state index contributed by atoms with van der Waals surface area (Å²) in [6.45, 7) is 4.92. The van der Waals surface area contributed by atoms with E-state index in [1.54, 1.807) is 0 Å². The lowest BCUT2D eigenvalue weighted by Gasteiger charge is -2.15. The molecular formula is C20H19FN2O. The summed E-state index contributed by atoms with van der Waals surface area (Å²) < 4.78 is 15.0. The molecule has 3 nitrogen and oxygen atoms in total. The topological polar surface area (TPSA) is 55.1 Å². The molecule has 2 aromatic rings. The van der Waals surface area contributed by atoms with E-state index in [1.807, 2.05) is 26.0 Å². The molecule has 4 heteroatoms. The van der Waals surface area contributed by atoms with E-state index in [2.05, 4.69) is 11.4 Å². The fraction of sp³-hybridized carbons (Fsp3) is 0.250. The van der Waals surface area contributed by atoms with Gasteiger partial charge in [0.15, 0.2) is 0 Å². The molecular weight excluding hydrogens is 303 g/mol. The molecule has 1 aliphatic heterocycles. The van der Waals surface area contributed by atoms with Crippen molar-refractivity contribution >= 4 is 17.2 Å². The third-order valence-corrected chi connectivity index (χ3v) is 5.22. The fourth-order valence-electron chi connectivity index (χ4n) is 3.85. The largest absolute Gasteiger partial charge is 0.384 e. The number of rotatable bonds is 2. The Balaban J connectivity index is 2.00. The molecule has 0 bridgehead atoms. The summed E-state index contributed by atoms with van der Waals surface area (Å²) in [5, 5.41) is 3.34. The number of anilines is 1. The third-order valence-electron chi connectivity index (χ3n) is 5.22. The second kappa shape index (κ2) is 5.20. The average Bonchev–Trinajstić information content (AvgIpc) is 3.12. The predicted octanol–water partition coefficient (Wildman–Crippen LogP) is 3.91. The number of benzene rings is 2. The van der Waals surface area contributed by atoms with Gasteiger partial charge in [-0.3, -0.25) is 4.79 Å². The number of fused-ring (bicyclic) bond motifs is 2. The summed E-state index contributed by atoms with van der Waals surface area (Å²) in [5.74, 6) is -0.968. The fourth-order valence-corrected chi connectivity index (χ4v) is 3.85. The maximum absolute atomic E-state index is 15.0.